The van der Waals surface area contributed by atoms with Crippen LogP contribution in [0.25, 0.3) is 44.3 Å². The van der Waals surface area contributed by atoms with Gasteiger partial charge in [0.05, 0.1) is 17.2 Å². The summed E-state index contributed by atoms with van der Waals surface area (Å²) in [7, 11) is 2.11. The number of aryl methyl sites for hydroxylation is 4. The molecule has 3 nitrogen and oxygen atoms in total. The fourth-order valence-corrected chi connectivity index (χ4v) is 7.58. The molecule has 1 fully saturated rings. The molecule has 0 atom stereocenters. The monoisotopic (exact) mass is 525 g/mol. The first kappa shape index (κ1) is 25.1. The Hall–Kier alpha value is -3.90. The molecule has 0 amide bonds. The summed E-state index contributed by atoms with van der Waals surface area (Å²) in [4.78, 5) is 0. The van der Waals surface area contributed by atoms with Crippen LogP contribution < -0.4 is 4.57 Å². The summed E-state index contributed by atoms with van der Waals surface area (Å²) in [6, 6.07) is 18.0. The Labute approximate surface area is 237 Å². The van der Waals surface area contributed by atoms with Gasteiger partial charge in [-0.1, -0.05) is 43.5 Å². The Morgan fingerprint density at radius 2 is 1.50 bits per heavy atom. The van der Waals surface area contributed by atoms with Crippen LogP contribution in [0.1, 0.15) is 83.4 Å². The number of furan rings is 1. The lowest BCUT2D eigenvalue weighted by Gasteiger charge is -2.25. The second kappa shape index (κ2) is 9.63. The van der Waals surface area contributed by atoms with Gasteiger partial charge in [-0.15, -0.1) is 0 Å². The van der Waals surface area contributed by atoms with Crippen molar-refractivity contribution in [3.63, 3.8) is 0 Å². The van der Waals surface area contributed by atoms with Crippen LogP contribution in [-0.4, -0.2) is 0 Å². The molecule has 2 aliphatic rings. The van der Waals surface area contributed by atoms with Crippen LogP contribution in [0, 0.1) is 32.1 Å². The molecular weight excluding hydrogens is 488 g/mol. The zero-order chi connectivity index (χ0) is 27.5. The van der Waals surface area contributed by atoms with Gasteiger partial charge in [0.25, 0.3) is 0 Å². The number of rotatable bonds is 3. The van der Waals surface area contributed by atoms with Crippen LogP contribution in [0.3, 0.4) is 0 Å². The van der Waals surface area contributed by atoms with Gasteiger partial charge in [-0.25, -0.2) is 4.57 Å². The molecule has 0 saturated heterocycles. The van der Waals surface area contributed by atoms with E-state index in [-0.39, 0.29) is 0 Å². The smallest absolute Gasteiger partial charge is 0.216 e. The molecule has 0 unspecified atom stereocenters. The van der Waals surface area contributed by atoms with E-state index < -0.39 is 0 Å². The quantitative estimate of drug-likeness (QED) is 0.220. The molecule has 40 heavy (non-hydrogen) atoms. The van der Waals surface area contributed by atoms with Crippen molar-refractivity contribution in [1.82, 2.24) is 0 Å². The minimum absolute atomic E-state index is 0.691. The largest absolute Gasteiger partial charge is 0.454 e. The van der Waals surface area contributed by atoms with Crippen LogP contribution in [0.4, 0.5) is 0 Å². The molecule has 7 rings (SSSR count). The molecule has 2 heterocycles. The SMILES string of the molecule is Cc1cc(-c2c(C)ccc3c2oc2c(-c4ccc(C5CCCCC5)c5c4CCC5)c(C#N)ccc23)[n+](C)cc1C. The highest BCUT2D eigenvalue weighted by Crippen LogP contribution is 2.46. The third-order valence-electron chi connectivity index (χ3n) is 9.77. The number of fused-ring (bicyclic) bond motifs is 4. The molecule has 0 spiro atoms. The Morgan fingerprint density at radius 1 is 0.775 bits per heavy atom. The molecule has 3 heteroatoms. The van der Waals surface area contributed by atoms with Gasteiger partial charge in [0.1, 0.15) is 18.2 Å². The van der Waals surface area contributed by atoms with Crippen molar-refractivity contribution < 1.29 is 8.98 Å². The topological polar surface area (TPSA) is 40.8 Å². The van der Waals surface area contributed by atoms with E-state index in [0.717, 1.165) is 51.6 Å². The number of hydrogen-bond donors (Lipinski definition) is 0. The number of benzene rings is 3. The number of hydrogen-bond acceptors (Lipinski definition) is 2. The van der Waals surface area contributed by atoms with E-state index in [2.05, 4.69) is 81.1 Å². The molecule has 2 aromatic heterocycles. The maximum atomic E-state index is 10.3. The van der Waals surface area contributed by atoms with Gasteiger partial charge in [-0.3, -0.25) is 0 Å². The predicted molar refractivity (Wildman–Crippen MR) is 163 cm³/mol. The summed E-state index contributed by atoms with van der Waals surface area (Å²) in [5, 5.41) is 12.5. The van der Waals surface area contributed by atoms with Crippen LogP contribution >= 0.6 is 0 Å². The second-order valence-electron chi connectivity index (χ2n) is 12.2. The predicted octanol–water partition coefficient (Wildman–Crippen LogP) is 9.08. The third-order valence-corrected chi connectivity index (χ3v) is 9.77. The van der Waals surface area contributed by atoms with Gasteiger partial charge in [0.2, 0.25) is 5.69 Å². The van der Waals surface area contributed by atoms with Crippen molar-refractivity contribution in [2.75, 3.05) is 0 Å². The molecule has 200 valence electrons. The number of pyridine rings is 1. The summed E-state index contributed by atoms with van der Waals surface area (Å²) in [5.74, 6) is 0.691. The summed E-state index contributed by atoms with van der Waals surface area (Å²) in [5.41, 5.74) is 15.2. The van der Waals surface area contributed by atoms with E-state index in [9.17, 15) is 5.26 Å². The van der Waals surface area contributed by atoms with Gasteiger partial charge >= 0.3 is 0 Å². The van der Waals surface area contributed by atoms with Crippen molar-refractivity contribution in [3.8, 4) is 28.5 Å². The molecular formula is C37H37N2O+. The normalized spacial score (nSPS) is 15.6. The van der Waals surface area contributed by atoms with Gasteiger partial charge < -0.3 is 4.42 Å². The van der Waals surface area contributed by atoms with Gasteiger partial charge in [0.15, 0.2) is 6.20 Å². The van der Waals surface area contributed by atoms with Gasteiger partial charge in [-0.05, 0) is 104 Å². The Balaban J connectivity index is 1.50. The van der Waals surface area contributed by atoms with E-state index in [0.29, 0.717) is 11.5 Å². The number of nitrogens with zero attached hydrogens (tertiary/aromatic N) is 2. The highest BCUT2D eigenvalue weighted by atomic mass is 16.3. The van der Waals surface area contributed by atoms with Crippen molar-refractivity contribution in [3.05, 3.63) is 87.6 Å². The van der Waals surface area contributed by atoms with Crippen molar-refractivity contribution >= 4 is 21.9 Å². The van der Waals surface area contributed by atoms with Gasteiger partial charge in [-0.2, -0.15) is 5.26 Å². The van der Waals surface area contributed by atoms with Crippen LogP contribution in [0.15, 0.2) is 53.1 Å². The van der Waals surface area contributed by atoms with Crippen molar-refractivity contribution in [2.24, 2.45) is 7.05 Å². The van der Waals surface area contributed by atoms with E-state index in [1.165, 1.54) is 66.3 Å². The van der Waals surface area contributed by atoms with Crippen LogP contribution in [0.2, 0.25) is 0 Å². The van der Waals surface area contributed by atoms with Gasteiger partial charge in [0, 0.05) is 28.0 Å². The minimum Gasteiger partial charge on any atom is -0.454 e. The highest BCUT2D eigenvalue weighted by Gasteiger charge is 2.28. The standard InChI is InChI=1S/C37H37N2O/c1-22-13-15-31-32-16-14-26(20-38)35(37(32)40-36(31)34(22)33-19-23(2)24(3)21-39(33)4)30-18-17-27(25-9-6-5-7-10-25)28-11-8-12-29(28)30/h13-19,21,25H,5-12H2,1-4H3/q+1. The average Bonchev–Trinajstić information content (AvgIpc) is 3.60. The fourth-order valence-electron chi connectivity index (χ4n) is 7.58. The van der Waals surface area contributed by atoms with E-state index in [1.807, 2.05) is 6.07 Å². The maximum Gasteiger partial charge on any atom is 0.216 e. The molecule has 0 N–H and O–H groups in total. The zero-order valence-corrected chi connectivity index (χ0v) is 24.2. The fraction of sp³-hybridized carbons (Fsp3) is 0.351. The highest BCUT2D eigenvalue weighted by molar-refractivity contribution is 6.14. The number of nitriles is 1. The van der Waals surface area contributed by atoms with E-state index in [1.54, 1.807) is 11.1 Å². The molecule has 0 bridgehead atoms. The second-order valence-corrected chi connectivity index (χ2v) is 12.2. The Kier molecular flexibility index (Phi) is 6.04. The molecule has 1 saturated carbocycles. The zero-order valence-electron chi connectivity index (χ0n) is 24.2. The first-order chi connectivity index (χ1) is 19.5. The lowest BCUT2D eigenvalue weighted by molar-refractivity contribution is -0.660. The summed E-state index contributed by atoms with van der Waals surface area (Å²) >= 11 is 0. The average molecular weight is 526 g/mol. The minimum atomic E-state index is 0.691. The van der Waals surface area contributed by atoms with Crippen LogP contribution in [-0.2, 0) is 19.9 Å². The molecule has 3 aromatic carbocycles. The maximum absolute atomic E-state index is 10.3. The Morgan fingerprint density at radius 3 is 2.27 bits per heavy atom. The van der Waals surface area contributed by atoms with Crippen molar-refractivity contribution in [2.45, 2.75) is 78.1 Å². The van der Waals surface area contributed by atoms with E-state index >= 15 is 0 Å². The first-order valence-corrected chi connectivity index (χ1v) is 15.0. The molecule has 0 radical (unpaired) electrons. The van der Waals surface area contributed by atoms with E-state index in [4.69, 9.17) is 4.42 Å². The molecule has 5 aromatic rings. The number of aromatic nitrogens is 1. The summed E-state index contributed by atoms with van der Waals surface area (Å²) in [6.07, 6.45) is 12.3. The Bertz CT molecular complexity index is 1860. The molecule has 0 aliphatic heterocycles. The summed E-state index contributed by atoms with van der Waals surface area (Å²) in [6.45, 7) is 6.48. The van der Waals surface area contributed by atoms with Crippen LogP contribution in [0.5, 0.6) is 0 Å². The van der Waals surface area contributed by atoms with Crippen molar-refractivity contribution in [1.29, 1.82) is 5.26 Å². The summed E-state index contributed by atoms with van der Waals surface area (Å²) < 4.78 is 9.12. The lowest BCUT2D eigenvalue weighted by Crippen LogP contribution is -2.31. The third kappa shape index (κ3) is 3.80. The first-order valence-electron chi connectivity index (χ1n) is 15.0. The lowest BCUT2D eigenvalue weighted by atomic mass is 9.80. The molecule has 2 aliphatic carbocycles.